The summed E-state index contributed by atoms with van der Waals surface area (Å²) in [5.41, 5.74) is 3.92. The van der Waals surface area contributed by atoms with Gasteiger partial charge in [-0.05, 0) is 110 Å². The quantitative estimate of drug-likeness (QED) is 0.253. The Morgan fingerprint density at radius 1 is 0.911 bits per heavy atom. The number of aromatic nitrogens is 3. The van der Waals surface area contributed by atoms with Gasteiger partial charge < -0.3 is 14.8 Å². The average molecular weight is 610 g/mol. The van der Waals surface area contributed by atoms with Crippen LogP contribution in [0.15, 0.2) is 48.7 Å². The van der Waals surface area contributed by atoms with Gasteiger partial charge in [0.15, 0.2) is 5.82 Å². The van der Waals surface area contributed by atoms with E-state index in [0.29, 0.717) is 28.8 Å². The molecule has 45 heavy (non-hydrogen) atoms. The highest BCUT2D eigenvalue weighted by Gasteiger charge is 2.68. The Morgan fingerprint density at radius 2 is 1.60 bits per heavy atom. The van der Waals surface area contributed by atoms with Crippen LogP contribution in [0.4, 0.5) is 26.8 Å². The van der Waals surface area contributed by atoms with E-state index in [4.69, 9.17) is 9.47 Å². The molecule has 2 atom stereocenters. The first-order valence-corrected chi connectivity index (χ1v) is 15.1. The van der Waals surface area contributed by atoms with Crippen LogP contribution in [0.3, 0.4) is 0 Å². The first kappa shape index (κ1) is 30.3. The minimum Gasteiger partial charge on any atom is -0.443 e. The normalized spacial score (nSPS) is 19.2. The molecule has 1 saturated carbocycles. The first-order valence-electron chi connectivity index (χ1n) is 15.1. The Balaban J connectivity index is 1.43. The van der Waals surface area contributed by atoms with Crippen molar-refractivity contribution in [2.45, 2.75) is 91.3 Å². The van der Waals surface area contributed by atoms with E-state index in [1.54, 1.807) is 47.7 Å². The molecule has 0 saturated heterocycles. The highest BCUT2D eigenvalue weighted by molar-refractivity contribution is 6.23. The molecule has 1 N–H and O–H groups in total. The molecule has 10 heteroatoms. The Hall–Kier alpha value is -4.73. The summed E-state index contributed by atoms with van der Waals surface area (Å²) in [6.45, 7) is 16.6. The van der Waals surface area contributed by atoms with Crippen molar-refractivity contribution in [2.24, 2.45) is 0 Å². The number of anilines is 3. The molecule has 2 aromatic heterocycles. The molecule has 1 aliphatic heterocycles. The maximum Gasteiger partial charge on any atom is 0.435 e. The molecular weight excluding hydrogens is 570 g/mol. The Labute approximate surface area is 262 Å². The maximum atomic E-state index is 14.1. The number of rotatable bonds is 3. The lowest BCUT2D eigenvalue weighted by molar-refractivity contribution is -0.120. The van der Waals surface area contributed by atoms with E-state index in [2.05, 4.69) is 15.4 Å². The van der Waals surface area contributed by atoms with Gasteiger partial charge in [0.05, 0.1) is 28.0 Å². The highest BCUT2D eigenvalue weighted by atomic mass is 16.6. The lowest BCUT2D eigenvalue weighted by Crippen LogP contribution is -2.41. The molecule has 1 spiro atoms. The number of fused-ring (bicyclic) bond motifs is 3. The second-order valence-corrected chi connectivity index (χ2v) is 14.2. The van der Waals surface area contributed by atoms with E-state index in [9.17, 15) is 14.4 Å². The number of nitrogens with zero attached hydrogens (tertiary/aromatic N) is 4. The number of pyridine rings is 1. The molecule has 1 fully saturated rings. The summed E-state index contributed by atoms with van der Waals surface area (Å²) >= 11 is 0. The van der Waals surface area contributed by atoms with Crippen molar-refractivity contribution in [2.75, 3.05) is 10.2 Å². The van der Waals surface area contributed by atoms with Crippen molar-refractivity contribution in [3.8, 4) is 0 Å². The molecule has 6 rings (SSSR count). The standard InChI is InChI=1S/C35H39N5O5/c1-19-10-13-27-24(14-19)35(30(41)39(27)31(42)44-33(4,5)6)17-25(35)22-11-12-23-28(16-22)40(32(43)45-34(7,8)9)38-29(23)37-26-15-20(2)18-36-21(26)3/h10-16,18,25H,17H2,1-9H3,(H,37,38)/t25-,35-/m0/s1. The summed E-state index contributed by atoms with van der Waals surface area (Å²) in [6, 6.07) is 13.5. The SMILES string of the molecule is Cc1cnc(C)c(Nc2nn(C(=O)OC(C)(C)C)c3cc([C@@H]4C[C@@]45C(=O)N(C(=O)OC(C)(C)C)c4ccc(C)cc45)ccc23)c1. The molecule has 10 nitrogen and oxygen atoms in total. The third kappa shape index (κ3) is 5.32. The van der Waals surface area contributed by atoms with E-state index >= 15 is 0 Å². The number of imide groups is 1. The van der Waals surface area contributed by atoms with Gasteiger partial charge in [0.1, 0.15) is 11.2 Å². The van der Waals surface area contributed by atoms with E-state index in [1.165, 1.54) is 9.58 Å². The van der Waals surface area contributed by atoms with E-state index in [0.717, 1.165) is 33.6 Å². The fourth-order valence-electron chi connectivity index (χ4n) is 6.09. The Bertz CT molecular complexity index is 1900. The van der Waals surface area contributed by atoms with Crippen LogP contribution in [0.2, 0.25) is 0 Å². The van der Waals surface area contributed by atoms with Gasteiger partial charge in [0.2, 0.25) is 5.91 Å². The van der Waals surface area contributed by atoms with Gasteiger partial charge >= 0.3 is 12.2 Å². The largest absolute Gasteiger partial charge is 0.443 e. The first-order chi connectivity index (χ1) is 21.0. The molecule has 3 heterocycles. The van der Waals surface area contributed by atoms with Crippen molar-refractivity contribution in [3.05, 3.63) is 76.6 Å². The van der Waals surface area contributed by atoms with Gasteiger partial charge in [-0.15, -0.1) is 5.10 Å². The molecule has 234 valence electrons. The van der Waals surface area contributed by atoms with Crippen LogP contribution in [0.1, 0.15) is 81.8 Å². The lowest BCUT2D eigenvalue weighted by atomic mass is 9.91. The molecule has 4 aromatic rings. The summed E-state index contributed by atoms with van der Waals surface area (Å²) in [7, 11) is 0. The van der Waals surface area contributed by atoms with Crippen LogP contribution < -0.4 is 10.2 Å². The Morgan fingerprint density at radius 3 is 2.29 bits per heavy atom. The second kappa shape index (κ2) is 10.2. The maximum absolute atomic E-state index is 14.1. The summed E-state index contributed by atoms with van der Waals surface area (Å²) in [4.78, 5) is 46.5. The second-order valence-electron chi connectivity index (χ2n) is 14.2. The predicted molar refractivity (Wildman–Crippen MR) is 172 cm³/mol. The average Bonchev–Trinajstić information content (AvgIpc) is 3.51. The summed E-state index contributed by atoms with van der Waals surface area (Å²) in [5, 5.41) is 8.72. The predicted octanol–water partition coefficient (Wildman–Crippen LogP) is 7.59. The zero-order valence-corrected chi connectivity index (χ0v) is 27.2. The minimum absolute atomic E-state index is 0.219. The van der Waals surface area contributed by atoms with Crippen LogP contribution in [0.5, 0.6) is 0 Å². The number of hydrogen-bond acceptors (Lipinski definition) is 8. The monoisotopic (exact) mass is 609 g/mol. The number of ether oxygens (including phenoxy) is 2. The molecule has 2 aliphatic rings. The molecule has 0 unspecified atom stereocenters. The van der Waals surface area contributed by atoms with Gasteiger partial charge in [-0.1, -0.05) is 23.8 Å². The zero-order valence-electron chi connectivity index (χ0n) is 27.2. The minimum atomic E-state index is -0.909. The number of amides is 2. The molecule has 2 amide bonds. The summed E-state index contributed by atoms with van der Waals surface area (Å²) in [5.74, 6) is -0.0330. The number of carbonyl (C=O) groups is 3. The molecule has 1 aliphatic carbocycles. The van der Waals surface area contributed by atoms with Crippen LogP contribution in [-0.2, 0) is 19.7 Å². The van der Waals surface area contributed by atoms with Crippen LogP contribution >= 0.6 is 0 Å². The van der Waals surface area contributed by atoms with Gasteiger partial charge in [-0.2, -0.15) is 4.68 Å². The zero-order chi connectivity index (χ0) is 32.6. The van der Waals surface area contributed by atoms with Gasteiger partial charge in [-0.25, -0.2) is 14.5 Å². The summed E-state index contributed by atoms with van der Waals surface area (Å²) in [6.07, 6.45) is 1.02. The molecule has 0 bridgehead atoms. The third-order valence-electron chi connectivity index (χ3n) is 8.15. The topological polar surface area (TPSA) is 116 Å². The smallest absolute Gasteiger partial charge is 0.435 e. The van der Waals surface area contributed by atoms with Crippen molar-refractivity contribution in [3.63, 3.8) is 0 Å². The number of carbonyl (C=O) groups excluding carboxylic acids is 3. The number of benzene rings is 2. The third-order valence-corrected chi connectivity index (χ3v) is 8.15. The molecular formula is C35H39N5O5. The number of aryl methyl sites for hydroxylation is 3. The molecule has 2 aromatic carbocycles. The van der Waals surface area contributed by atoms with Crippen LogP contribution in [0.25, 0.3) is 10.9 Å². The van der Waals surface area contributed by atoms with Gasteiger partial charge in [0, 0.05) is 17.5 Å². The van der Waals surface area contributed by atoms with E-state index in [-0.39, 0.29) is 11.8 Å². The van der Waals surface area contributed by atoms with Crippen LogP contribution in [0, 0.1) is 20.8 Å². The number of nitrogens with one attached hydrogen (secondary N) is 1. The van der Waals surface area contributed by atoms with Crippen molar-refractivity contribution in [1.82, 2.24) is 14.8 Å². The Kier molecular flexibility index (Phi) is 6.84. The molecule has 0 radical (unpaired) electrons. The fourth-order valence-corrected chi connectivity index (χ4v) is 6.09. The van der Waals surface area contributed by atoms with Gasteiger partial charge in [-0.3, -0.25) is 9.78 Å². The lowest BCUT2D eigenvalue weighted by Gasteiger charge is -2.24. The van der Waals surface area contributed by atoms with E-state index in [1.807, 2.05) is 63.2 Å². The van der Waals surface area contributed by atoms with Crippen molar-refractivity contribution >= 4 is 46.2 Å². The van der Waals surface area contributed by atoms with Crippen molar-refractivity contribution < 1.29 is 23.9 Å². The highest BCUT2D eigenvalue weighted by Crippen LogP contribution is 2.66. The van der Waals surface area contributed by atoms with Crippen LogP contribution in [-0.4, -0.2) is 44.1 Å². The van der Waals surface area contributed by atoms with Gasteiger partial charge in [0.25, 0.3) is 0 Å². The van der Waals surface area contributed by atoms with E-state index < -0.39 is 28.8 Å². The van der Waals surface area contributed by atoms with Crippen molar-refractivity contribution in [1.29, 1.82) is 0 Å². The summed E-state index contributed by atoms with van der Waals surface area (Å²) < 4.78 is 12.6. The fraction of sp³-hybridized carbons (Fsp3) is 0.400. The number of hydrogen-bond donors (Lipinski definition) is 1.